The van der Waals surface area contributed by atoms with Crippen LogP contribution in [0.25, 0.3) is 11.1 Å². The van der Waals surface area contributed by atoms with Gasteiger partial charge < -0.3 is 0 Å². The summed E-state index contributed by atoms with van der Waals surface area (Å²) in [5, 5.41) is 0. The molecule has 0 spiro atoms. The fraction of sp³-hybridized carbons (Fsp3) is 0.214. The Kier molecular flexibility index (Phi) is 2.55. The van der Waals surface area contributed by atoms with E-state index in [4.69, 9.17) is 0 Å². The van der Waals surface area contributed by atoms with Crippen molar-refractivity contribution in [3.63, 3.8) is 0 Å². The van der Waals surface area contributed by atoms with Crippen LogP contribution in [-0.2, 0) is 0 Å². The van der Waals surface area contributed by atoms with Gasteiger partial charge in [0.2, 0.25) is 0 Å². The van der Waals surface area contributed by atoms with Crippen LogP contribution in [0.5, 0.6) is 0 Å². The molecule has 0 aliphatic heterocycles. The number of nitrogens with zero attached hydrogens (tertiary/aromatic N) is 1. The zero-order valence-corrected chi connectivity index (χ0v) is 9.41. The van der Waals surface area contributed by atoms with Crippen molar-refractivity contribution in [3.05, 3.63) is 53.3 Å². The van der Waals surface area contributed by atoms with Crippen LogP contribution in [0.3, 0.4) is 0 Å². The largest absolute Gasteiger partial charge is 0.264 e. The molecule has 1 aromatic heterocycles. The van der Waals surface area contributed by atoms with E-state index in [0.29, 0.717) is 0 Å². The average Bonchev–Trinajstić information content (AvgIpc) is 2.23. The minimum atomic E-state index is 1.22. The highest BCUT2D eigenvalue weighted by Crippen LogP contribution is 2.24. The molecule has 0 saturated heterocycles. The minimum absolute atomic E-state index is 1.22. The van der Waals surface area contributed by atoms with Crippen molar-refractivity contribution in [1.82, 2.24) is 4.98 Å². The van der Waals surface area contributed by atoms with Crippen LogP contribution in [0.15, 0.2) is 36.7 Å². The van der Waals surface area contributed by atoms with Crippen molar-refractivity contribution < 1.29 is 0 Å². The topological polar surface area (TPSA) is 12.9 Å². The van der Waals surface area contributed by atoms with Crippen LogP contribution in [-0.4, -0.2) is 4.98 Å². The summed E-state index contributed by atoms with van der Waals surface area (Å²) in [6.45, 7) is 6.38. The molecule has 1 aromatic carbocycles. The summed E-state index contributed by atoms with van der Waals surface area (Å²) in [7, 11) is 0. The van der Waals surface area contributed by atoms with E-state index in [0.717, 1.165) is 0 Å². The first-order valence-electron chi connectivity index (χ1n) is 5.17. The van der Waals surface area contributed by atoms with Gasteiger partial charge in [-0.25, -0.2) is 0 Å². The van der Waals surface area contributed by atoms with Gasteiger partial charge in [0.05, 0.1) is 0 Å². The standard InChI is InChI=1S/C14H15N/c1-10-4-5-13(8-11(10)2)14-6-7-15-9-12(14)3/h4-9H,1-3H3. The zero-order valence-electron chi connectivity index (χ0n) is 9.41. The molecule has 0 bridgehead atoms. The SMILES string of the molecule is Cc1ccc(-c2ccncc2C)cc1C. The van der Waals surface area contributed by atoms with Gasteiger partial charge in [-0.1, -0.05) is 18.2 Å². The second-order valence-electron chi connectivity index (χ2n) is 3.99. The molecule has 1 heteroatoms. The summed E-state index contributed by atoms with van der Waals surface area (Å²) in [5.41, 5.74) is 6.45. The molecule has 0 aliphatic carbocycles. The van der Waals surface area contributed by atoms with E-state index in [1.165, 1.54) is 27.8 Å². The van der Waals surface area contributed by atoms with Gasteiger partial charge in [-0.05, 0) is 54.7 Å². The molecule has 0 fully saturated rings. The number of aromatic nitrogens is 1. The highest BCUT2D eigenvalue weighted by molar-refractivity contribution is 5.67. The first kappa shape index (κ1) is 9.91. The lowest BCUT2D eigenvalue weighted by atomic mass is 9.99. The summed E-state index contributed by atoms with van der Waals surface area (Å²) < 4.78 is 0. The summed E-state index contributed by atoms with van der Waals surface area (Å²) >= 11 is 0. The van der Waals surface area contributed by atoms with E-state index in [1.54, 1.807) is 0 Å². The van der Waals surface area contributed by atoms with E-state index < -0.39 is 0 Å². The van der Waals surface area contributed by atoms with E-state index in [-0.39, 0.29) is 0 Å². The molecule has 0 saturated carbocycles. The Bertz CT molecular complexity index is 486. The molecule has 76 valence electrons. The van der Waals surface area contributed by atoms with Crippen molar-refractivity contribution >= 4 is 0 Å². The van der Waals surface area contributed by atoms with Crippen LogP contribution < -0.4 is 0 Å². The molecular formula is C14H15N. The highest BCUT2D eigenvalue weighted by atomic mass is 14.6. The molecule has 1 nitrogen and oxygen atoms in total. The Balaban J connectivity index is 2.55. The maximum absolute atomic E-state index is 4.11. The van der Waals surface area contributed by atoms with Gasteiger partial charge in [-0.15, -0.1) is 0 Å². The Morgan fingerprint density at radius 1 is 0.867 bits per heavy atom. The number of hydrogen-bond acceptors (Lipinski definition) is 1. The predicted octanol–water partition coefficient (Wildman–Crippen LogP) is 3.67. The summed E-state index contributed by atoms with van der Waals surface area (Å²) in [6.07, 6.45) is 3.75. The van der Waals surface area contributed by atoms with Crippen LogP contribution in [0.2, 0.25) is 0 Å². The third-order valence-corrected chi connectivity index (χ3v) is 2.84. The maximum Gasteiger partial charge on any atom is 0.0303 e. The fourth-order valence-corrected chi connectivity index (χ4v) is 1.71. The van der Waals surface area contributed by atoms with Gasteiger partial charge in [0, 0.05) is 12.4 Å². The van der Waals surface area contributed by atoms with Crippen LogP contribution in [0.4, 0.5) is 0 Å². The first-order chi connectivity index (χ1) is 7.18. The lowest BCUT2D eigenvalue weighted by Gasteiger charge is -2.07. The lowest BCUT2D eigenvalue weighted by molar-refractivity contribution is 1.26. The quantitative estimate of drug-likeness (QED) is 0.679. The predicted molar refractivity (Wildman–Crippen MR) is 63.9 cm³/mol. The van der Waals surface area contributed by atoms with Gasteiger partial charge in [0.25, 0.3) is 0 Å². The summed E-state index contributed by atoms with van der Waals surface area (Å²) in [6, 6.07) is 8.65. The van der Waals surface area contributed by atoms with Crippen molar-refractivity contribution in [1.29, 1.82) is 0 Å². The van der Waals surface area contributed by atoms with E-state index in [1.807, 2.05) is 12.4 Å². The second-order valence-corrected chi connectivity index (χ2v) is 3.99. The molecule has 0 unspecified atom stereocenters. The Morgan fingerprint density at radius 2 is 1.67 bits per heavy atom. The average molecular weight is 197 g/mol. The van der Waals surface area contributed by atoms with Gasteiger partial charge in [-0.3, -0.25) is 4.98 Å². The minimum Gasteiger partial charge on any atom is -0.264 e. The molecule has 15 heavy (non-hydrogen) atoms. The fourth-order valence-electron chi connectivity index (χ4n) is 1.71. The van der Waals surface area contributed by atoms with Crippen LogP contribution >= 0.6 is 0 Å². The number of rotatable bonds is 1. The molecule has 2 aromatic rings. The van der Waals surface area contributed by atoms with Crippen LogP contribution in [0, 0.1) is 20.8 Å². The highest BCUT2D eigenvalue weighted by Gasteiger charge is 2.02. The summed E-state index contributed by atoms with van der Waals surface area (Å²) in [5.74, 6) is 0. The zero-order chi connectivity index (χ0) is 10.8. The number of benzene rings is 1. The molecule has 0 aliphatic rings. The van der Waals surface area contributed by atoms with Crippen molar-refractivity contribution in [3.8, 4) is 11.1 Å². The molecule has 2 rings (SSSR count). The van der Waals surface area contributed by atoms with Gasteiger partial charge in [-0.2, -0.15) is 0 Å². The number of hydrogen-bond donors (Lipinski definition) is 0. The third kappa shape index (κ3) is 1.91. The Morgan fingerprint density at radius 3 is 2.33 bits per heavy atom. The van der Waals surface area contributed by atoms with E-state index in [2.05, 4.69) is 50.0 Å². The van der Waals surface area contributed by atoms with Crippen molar-refractivity contribution in [2.24, 2.45) is 0 Å². The second kappa shape index (κ2) is 3.85. The molecule has 0 radical (unpaired) electrons. The van der Waals surface area contributed by atoms with Gasteiger partial charge in [0.1, 0.15) is 0 Å². The molecule has 1 heterocycles. The molecule has 0 amide bonds. The number of aryl methyl sites for hydroxylation is 3. The number of pyridine rings is 1. The smallest absolute Gasteiger partial charge is 0.0303 e. The van der Waals surface area contributed by atoms with Gasteiger partial charge >= 0.3 is 0 Å². The first-order valence-corrected chi connectivity index (χ1v) is 5.17. The van der Waals surface area contributed by atoms with E-state index in [9.17, 15) is 0 Å². The van der Waals surface area contributed by atoms with Crippen LogP contribution in [0.1, 0.15) is 16.7 Å². The van der Waals surface area contributed by atoms with Gasteiger partial charge in [0.15, 0.2) is 0 Å². The normalized spacial score (nSPS) is 10.3. The molecule has 0 atom stereocenters. The Labute approximate surface area is 90.8 Å². The van der Waals surface area contributed by atoms with Crippen molar-refractivity contribution in [2.75, 3.05) is 0 Å². The van der Waals surface area contributed by atoms with Crippen molar-refractivity contribution in [2.45, 2.75) is 20.8 Å². The summed E-state index contributed by atoms with van der Waals surface area (Å²) in [4.78, 5) is 4.11. The Hall–Kier alpha value is -1.63. The molecule has 0 N–H and O–H groups in total. The maximum atomic E-state index is 4.11. The van der Waals surface area contributed by atoms with E-state index >= 15 is 0 Å². The lowest BCUT2D eigenvalue weighted by Crippen LogP contribution is -1.87. The molecular weight excluding hydrogens is 182 g/mol. The monoisotopic (exact) mass is 197 g/mol. The third-order valence-electron chi connectivity index (χ3n) is 2.84.